The van der Waals surface area contributed by atoms with Gasteiger partial charge >= 0.3 is 5.97 Å². The fraction of sp³-hybridized carbons (Fsp3) is 0.934. The molecule has 0 fully saturated rings. The molecule has 0 aromatic carbocycles. The van der Waals surface area contributed by atoms with E-state index in [1.54, 1.807) is 0 Å². The average molecular weight is 947 g/mol. The number of hydrogen-bond acceptors (Lipinski definition) is 5. The van der Waals surface area contributed by atoms with Gasteiger partial charge in [0.15, 0.2) is 0 Å². The number of unbranched alkanes of at least 4 members (excludes halogenated alkanes) is 44. The van der Waals surface area contributed by atoms with E-state index in [1.807, 2.05) is 0 Å². The first-order chi connectivity index (χ1) is 33.0. The van der Waals surface area contributed by atoms with E-state index in [2.05, 4.69) is 31.3 Å². The highest BCUT2D eigenvalue weighted by atomic mass is 16.5. The van der Waals surface area contributed by atoms with Gasteiger partial charge in [-0.15, -0.1) is 0 Å². The third-order valence-electron chi connectivity index (χ3n) is 14.3. The van der Waals surface area contributed by atoms with Crippen LogP contribution in [0.4, 0.5) is 0 Å². The van der Waals surface area contributed by atoms with Crippen LogP contribution in [0.3, 0.4) is 0 Å². The molecule has 6 nitrogen and oxygen atoms in total. The molecule has 0 rings (SSSR count). The molecule has 0 spiro atoms. The molecule has 1 amide bonds. The number of amides is 1. The zero-order chi connectivity index (χ0) is 48.6. The summed E-state index contributed by atoms with van der Waals surface area (Å²) in [5, 5.41) is 23.4. The van der Waals surface area contributed by atoms with Gasteiger partial charge in [0.25, 0.3) is 0 Å². The van der Waals surface area contributed by atoms with Crippen LogP contribution in [0.25, 0.3) is 0 Å². The van der Waals surface area contributed by atoms with Crippen LogP contribution in [0.5, 0.6) is 0 Å². The minimum Gasteiger partial charge on any atom is -0.466 e. The Morgan fingerprint density at radius 1 is 0.403 bits per heavy atom. The molecule has 0 radical (unpaired) electrons. The fourth-order valence-corrected chi connectivity index (χ4v) is 9.64. The van der Waals surface area contributed by atoms with E-state index >= 15 is 0 Å². The van der Waals surface area contributed by atoms with Gasteiger partial charge in [0, 0.05) is 12.8 Å². The lowest BCUT2D eigenvalue weighted by Crippen LogP contribution is -2.45. The van der Waals surface area contributed by atoms with Crippen LogP contribution in [0.1, 0.15) is 341 Å². The van der Waals surface area contributed by atoms with E-state index in [4.69, 9.17) is 4.74 Å². The van der Waals surface area contributed by atoms with Crippen LogP contribution in [0.15, 0.2) is 12.2 Å². The maximum absolute atomic E-state index is 12.5. The predicted molar refractivity (Wildman–Crippen MR) is 292 cm³/mol. The Bertz CT molecular complexity index is 1000. The zero-order valence-corrected chi connectivity index (χ0v) is 45.4. The van der Waals surface area contributed by atoms with E-state index in [1.165, 1.54) is 231 Å². The van der Waals surface area contributed by atoms with Gasteiger partial charge in [-0.1, -0.05) is 283 Å². The van der Waals surface area contributed by atoms with Crippen molar-refractivity contribution in [2.75, 3.05) is 13.2 Å². The normalized spacial score (nSPS) is 12.6. The molecule has 0 aliphatic rings. The lowest BCUT2D eigenvalue weighted by molar-refractivity contribution is -0.143. The Labute approximate surface area is 419 Å². The van der Waals surface area contributed by atoms with Gasteiger partial charge in [-0.2, -0.15) is 0 Å². The monoisotopic (exact) mass is 946 g/mol. The topological polar surface area (TPSA) is 95.9 Å². The van der Waals surface area contributed by atoms with Gasteiger partial charge < -0.3 is 20.3 Å². The molecule has 0 aromatic heterocycles. The first kappa shape index (κ1) is 65.6. The third-order valence-corrected chi connectivity index (χ3v) is 14.3. The highest BCUT2D eigenvalue weighted by Crippen LogP contribution is 2.18. The van der Waals surface area contributed by atoms with Crippen LogP contribution < -0.4 is 5.32 Å². The summed E-state index contributed by atoms with van der Waals surface area (Å²) in [6, 6.07) is -0.560. The number of aliphatic hydroxyl groups is 2. The molecule has 0 heterocycles. The number of carbonyl (C=O) groups is 2. The SMILES string of the molecule is CCCCCCCCCCCCCCCCCCCCCCCCCCC(O)C(CO)NC(=O)CCCCCCC/C=C\CCCCCOC(=O)CCCCCCCCCCCCCCCC. The van der Waals surface area contributed by atoms with Crippen molar-refractivity contribution in [3.8, 4) is 0 Å². The van der Waals surface area contributed by atoms with Crippen molar-refractivity contribution in [1.82, 2.24) is 5.32 Å². The Kier molecular flexibility index (Phi) is 56.0. The molecule has 2 unspecified atom stereocenters. The number of esters is 1. The Morgan fingerprint density at radius 3 is 1.06 bits per heavy atom. The standard InChI is InChI=1S/C61H119NO5/c1-3-5-7-9-11-13-15-17-19-20-21-22-23-24-25-26-27-28-29-33-37-41-45-49-53-59(64)58(57-63)62-60(65)54-50-46-42-38-34-31-32-36-40-44-48-52-56-67-61(66)55-51-47-43-39-35-30-18-16-14-12-10-8-6-4-2/h32,36,58-59,63-64H,3-31,33-35,37-57H2,1-2H3,(H,62,65)/b36-32-. The summed E-state index contributed by atoms with van der Waals surface area (Å²) < 4.78 is 5.46. The van der Waals surface area contributed by atoms with Crippen molar-refractivity contribution in [1.29, 1.82) is 0 Å². The maximum Gasteiger partial charge on any atom is 0.305 e. The molecule has 0 aliphatic carbocycles. The molecule has 0 aliphatic heterocycles. The van der Waals surface area contributed by atoms with Gasteiger partial charge in [0.1, 0.15) is 0 Å². The molecule has 67 heavy (non-hydrogen) atoms. The van der Waals surface area contributed by atoms with E-state index in [0.717, 1.165) is 77.0 Å². The summed E-state index contributed by atoms with van der Waals surface area (Å²) >= 11 is 0. The second-order valence-electron chi connectivity index (χ2n) is 21.0. The summed E-state index contributed by atoms with van der Waals surface area (Å²) in [7, 11) is 0. The highest BCUT2D eigenvalue weighted by molar-refractivity contribution is 5.76. The summed E-state index contributed by atoms with van der Waals surface area (Å²) in [6.07, 6.45) is 67.9. The van der Waals surface area contributed by atoms with Gasteiger partial charge in [0.2, 0.25) is 5.91 Å². The van der Waals surface area contributed by atoms with Crippen molar-refractivity contribution in [3.05, 3.63) is 12.2 Å². The average Bonchev–Trinajstić information content (AvgIpc) is 3.33. The van der Waals surface area contributed by atoms with Gasteiger partial charge in [-0.25, -0.2) is 0 Å². The lowest BCUT2D eigenvalue weighted by Gasteiger charge is -2.22. The molecule has 0 bridgehead atoms. The number of rotatable bonds is 57. The second kappa shape index (κ2) is 57.2. The highest BCUT2D eigenvalue weighted by Gasteiger charge is 2.20. The Balaban J connectivity index is 3.47. The minimum atomic E-state index is -0.681. The fourth-order valence-electron chi connectivity index (χ4n) is 9.64. The largest absolute Gasteiger partial charge is 0.466 e. The Hall–Kier alpha value is -1.40. The van der Waals surface area contributed by atoms with Gasteiger partial charge in [-0.05, 0) is 57.8 Å². The van der Waals surface area contributed by atoms with Crippen LogP contribution >= 0.6 is 0 Å². The first-order valence-electron chi connectivity index (χ1n) is 30.4. The van der Waals surface area contributed by atoms with E-state index in [-0.39, 0.29) is 18.5 Å². The van der Waals surface area contributed by atoms with E-state index < -0.39 is 12.1 Å². The van der Waals surface area contributed by atoms with Crippen molar-refractivity contribution >= 4 is 11.9 Å². The number of nitrogens with one attached hydrogen (secondary N) is 1. The maximum atomic E-state index is 12.5. The molecule has 2 atom stereocenters. The molecule has 0 saturated heterocycles. The zero-order valence-electron chi connectivity index (χ0n) is 45.4. The summed E-state index contributed by atoms with van der Waals surface area (Å²) in [5.74, 6) is -0.0757. The Morgan fingerprint density at radius 2 is 0.701 bits per heavy atom. The number of allylic oxidation sites excluding steroid dienone is 2. The number of hydrogen-bond donors (Lipinski definition) is 3. The van der Waals surface area contributed by atoms with E-state index in [0.29, 0.717) is 25.9 Å². The van der Waals surface area contributed by atoms with Crippen LogP contribution in [-0.2, 0) is 14.3 Å². The first-order valence-corrected chi connectivity index (χ1v) is 30.4. The lowest BCUT2D eigenvalue weighted by atomic mass is 10.0. The number of ether oxygens (including phenoxy) is 1. The summed E-state index contributed by atoms with van der Waals surface area (Å²) in [5.41, 5.74) is 0. The van der Waals surface area contributed by atoms with Crippen molar-refractivity contribution < 1.29 is 24.5 Å². The molecule has 0 saturated carbocycles. The van der Waals surface area contributed by atoms with Crippen LogP contribution in [0, 0.1) is 0 Å². The third kappa shape index (κ3) is 53.8. The van der Waals surface area contributed by atoms with Crippen LogP contribution in [-0.4, -0.2) is 47.4 Å². The quantitative estimate of drug-likeness (QED) is 0.0321. The second-order valence-corrected chi connectivity index (χ2v) is 21.0. The van der Waals surface area contributed by atoms with Gasteiger partial charge in [-0.3, -0.25) is 9.59 Å². The molecular weight excluding hydrogens is 827 g/mol. The summed E-state index contributed by atoms with van der Waals surface area (Å²) in [4.78, 5) is 24.6. The smallest absolute Gasteiger partial charge is 0.305 e. The minimum absolute atomic E-state index is 0.0192. The van der Waals surface area contributed by atoms with E-state index in [9.17, 15) is 19.8 Å². The molecule has 3 N–H and O–H groups in total. The molecular formula is C61H119NO5. The number of carbonyl (C=O) groups excluding carboxylic acids is 2. The van der Waals surface area contributed by atoms with Crippen molar-refractivity contribution in [2.45, 2.75) is 353 Å². The molecule has 398 valence electrons. The van der Waals surface area contributed by atoms with Crippen LogP contribution in [0.2, 0.25) is 0 Å². The predicted octanol–water partition coefficient (Wildman–Crippen LogP) is 18.9. The summed E-state index contributed by atoms with van der Waals surface area (Å²) in [6.45, 7) is 4.92. The van der Waals surface area contributed by atoms with Gasteiger partial charge in [0.05, 0.1) is 25.4 Å². The van der Waals surface area contributed by atoms with Crippen molar-refractivity contribution in [3.63, 3.8) is 0 Å². The number of aliphatic hydroxyl groups excluding tert-OH is 2. The molecule has 0 aromatic rings. The molecule has 6 heteroatoms. The van der Waals surface area contributed by atoms with Crippen molar-refractivity contribution in [2.24, 2.45) is 0 Å².